The first-order valence-corrected chi connectivity index (χ1v) is 6.10. The highest BCUT2D eigenvalue weighted by atomic mass is 16.5. The number of hydrogen-bond acceptors (Lipinski definition) is 5. The Labute approximate surface area is 103 Å². The van der Waals surface area contributed by atoms with Crippen molar-refractivity contribution in [2.24, 2.45) is 0 Å². The van der Waals surface area contributed by atoms with E-state index in [-0.39, 0.29) is 6.10 Å². The number of hydrogen-bond donors (Lipinski definition) is 2. The molecule has 100 valence electrons. The minimum atomic E-state index is 0.103. The van der Waals surface area contributed by atoms with Gasteiger partial charge < -0.3 is 20.1 Å². The van der Waals surface area contributed by atoms with Crippen LogP contribution in [0.4, 0.5) is 0 Å². The predicted molar refractivity (Wildman–Crippen MR) is 65.0 cm³/mol. The van der Waals surface area contributed by atoms with Gasteiger partial charge in [-0.1, -0.05) is 0 Å². The van der Waals surface area contributed by atoms with Crippen molar-refractivity contribution in [3.05, 3.63) is 0 Å². The molecule has 0 aromatic rings. The van der Waals surface area contributed by atoms with E-state index in [1.807, 2.05) is 7.05 Å². The van der Waals surface area contributed by atoms with Crippen molar-refractivity contribution in [1.29, 1.82) is 0 Å². The number of morpholine rings is 1. The zero-order valence-electron chi connectivity index (χ0n) is 10.5. The van der Waals surface area contributed by atoms with Gasteiger partial charge in [-0.15, -0.1) is 0 Å². The number of rotatable bonds is 9. The van der Waals surface area contributed by atoms with E-state index in [9.17, 15) is 4.79 Å². The molecule has 1 amide bonds. The van der Waals surface area contributed by atoms with Gasteiger partial charge in [-0.3, -0.25) is 9.69 Å². The van der Waals surface area contributed by atoms with Crippen molar-refractivity contribution in [2.45, 2.75) is 6.10 Å². The minimum absolute atomic E-state index is 0.103. The van der Waals surface area contributed by atoms with Crippen LogP contribution < -0.4 is 10.6 Å². The van der Waals surface area contributed by atoms with E-state index in [4.69, 9.17) is 9.47 Å². The zero-order chi connectivity index (χ0) is 12.3. The van der Waals surface area contributed by atoms with Crippen LogP contribution in [0.15, 0.2) is 0 Å². The van der Waals surface area contributed by atoms with Gasteiger partial charge in [0.05, 0.1) is 25.9 Å². The quantitative estimate of drug-likeness (QED) is 0.389. The van der Waals surface area contributed by atoms with E-state index in [2.05, 4.69) is 15.5 Å². The highest BCUT2D eigenvalue weighted by Crippen LogP contribution is 2.03. The molecule has 0 bridgehead atoms. The maximum atomic E-state index is 10.2. The molecule has 1 heterocycles. The monoisotopic (exact) mass is 245 g/mol. The van der Waals surface area contributed by atoms with E-state index in [0.717, 1.165) is 46.0 Å². The predicted octanol–water partition coefficient (Wildman–Crippen LogP) is -1.33. The number of nitrogens with one attached hydrogen (secondary N) is 2. The zero-order valence-corrected chi connectivity index (χ0v) is 10.5. The molecule has 17 heavy (non-hydrogen) atoms. The average Bonchev–Trinajstić information content (AvgIpc) is 2.37. The third-order valence-electron chi connectivity index (χ3n) is 2.70. The molecule has 0 aromatic carbocycles. The summed E-state index contributed by atoms with van der Waals surface area (Å²) in [7, 11) is 1.91. The molecule has 1 atom stereocenters. The lowest BCUT2D eigenvalue weighted by Crippen LogP contribution is -2.47. The van der Waals surface area contributed by atoms with E-state index in [1.54, 1.807) is 0 Å². The minimum Gasteiger partial charge on any atom is -0.379 e. The fourth-order valence-corrected chi connectivity index (χ4v) is 1.76. The summed E-state index contributed by atoms with van der Waals surface area (Å²) in [6, 6.07) is 0. The average molecular weight is 245 g/mol. The van der Waals surface area contributed by atoms with Crippen molar-refractivity contribution in [1.82, 2.24) is 15.5 Å². The molecule has 1 aliphatic rings. The number of ether oxygens (including phenoxy) is 2. The third-order valence-corrected chi connectivity index (χ3v) is 2.70. The van der Waals surface area contributed by atoms with Gasteiger partial charge >= 0.3 is 0 Å². The molecule has 2 N–H and O–H groups in total. The van der Waals surface area contributed by atoms with Crippen LogP contribution in [0, 0.1) is 0 Å². The molecule has 1 saturated heterocycles. The Morgan fingerprint density at radius 1 is 1.53 bits per heavy atom. The Balaban J connectivity index is 2.05. The molecule has 6 nitrogen and oxygen atoms in total. The van der Waals surface area contributed by atoms with Crippen molar-refractivity contribution in [3.8, 4) is 0 Å². The topological polar surface area (TPSA) is 62.8 Å². The van der Waals surface area contributed by atoms with Crippen LogP contribution in [0.3, 0.4) is 0 Å². The van der Waals surface area contributed by atoms with Crippen molar-refractivity contribution in [2.75, 3.05) is 59.6 Å². The summed E-state index contributed by atoms with van der Waals surface area (Å²) in [4.78, 5) is 12.5. The SMILES string of the molecule is CNCCOCCN1CCOC(CNC=O)C1. The van der Waals surface area contributed by atoms with Crippen LogP contribution in [0.25, 0.3) is 0 Å². The summed E-state index contributed by atoms with van der Waals surface area (Å²) in [6.45, 7) is 6.40. The standard InChI is InChI=1S/C11H23N3O3/c1-12-2-5-16-6-3-14-4-7-17-11(9-14)8-13-10-15/h10-12H,2-9H2,1H3,(H,13,15). The fraction of sp³-hybridized carbons (Fsp3) is 0.909. The van der Waals surface area contributed by atoms with Crippen molar-refractivity contribution in [3.63, 3.8) is 0 Å². The van der Waals surface area contributed by atoms with Gasteiger partial charge in [0, 0.05) is 32.7 Å². The Bertz CT molecular complexity index is 204. The summed E-state index contributed by atoms with van der Waals surface area (Å²) in [6.07, 6.45) is 0.814. The lowest BCUT2D eigenvalue weighted by atomic mass is 10.2. The molecule has 1 fully saturated rings. The maximum Gasteiger partial charge on any atom is 0.207 e. The van der Waals surface area contributed by atoms with E-state index >= 15 is 0 Å². The van der Waals surface area contributed by atoms with E-state index < -0.39 is 0 Å². The largest absolute Gasteiger partial charge is 0.379 e. The first kappa shape index (κ1) is 14.4. The van der Waals surface area contributed by atoms with E-state index in [0.29, 0.717) is 13.0 Å². The molecule has 1 unspecified atom stereocenters. The summed E-state index contributed by atoms with van der Waals surface area (Å²) in [5.74, 6) is 0. The molecule has 1 rings (SSSR count). The maximum absolute atomic E-state index is 10.2. The Kier molecular flexibility index (Phi) is 7.91. The molecule has 6 heteroatoms. The Morgan fingerprint density at radius 2 is 2.41 bits per heavy atom. The van der Waals surface area contributed by atoms with Crippen LogP contribution >= 0.6 is 0 Å². The fourth-order valence-electron chi connectivity index (χ4n) is 1.76. The Morgan fingerprint density at radius 3 is 3.18 bits per heavy atom. The lowest BCUT2D eigenvalue weighted by Gasteiger charge is -2.32. The molecule has 1 aliphatic heterocycles. The smallest absolute Gasteiger partial charge is 0.207 e. The van der Waals surface area contributed by atoms with Crippen LogP contribution in [0.1, 0.15) is 0 Å². The number of likely N-dealkylation sites (N-methyl/N-ethyl adjacent to an activating group) is 1. The number of carbonyl (C=O) groups is 1. The van der Waals surface area contributed by atoms with Gasteiger partial charge in [-0.2, -0.15) is 0 Å². The normalized spacial score (nSPS) is 21.4. The molecule has 0 aromatic heterocycles. The Hall–Kier alpha value is -0.690. The van der Waals surface area contributed by atoms with Crippen LogP contribution in [0.2, 0.25) is 0 Å². The number of carbonyl (C=O) groups excluding carboxylic acids is 1. The third kappa shape index (κ3) is 6.58. The van der Waals surface area contributed by atoms with Gasteiger partial charge in [0.15, 0.2) is 0 Å². The molecule has 0 radical (unpaired) electrons. The molecule has 0 spiro atoms. The lowest BCUT2D eigenvalue weighted by molar-refractivity contribution is -0.110. The number of amides is 1. The summed E-state index contributed by atoms with van der Waals surface area (Å²) in [5, 5.41) is 5.69. The van der Waals surface area contributed by atoms with Gasteiger partial charge in [-0.25, -0.2) is 0 Å². The second kappa shape index (κ2) is 9.35. The summed E-state index contributed by atoms with van der Waals surface area (Å²) < 4.78 is 11.0. The first-order valence-electron chi connectivity index (χ1n) is 6.10. The second-order valence-electron chi connectivity index (χ2n) is 4.04. The number of nitrogens with zero attached hydrogens (tertiary/aromatic N) is 1. The highest BCUT2D eigenvalue weighted by Gasteiger charge is 2.19. The van der Waals surface area contributed by atoms with Gasteiger partial charge in [0.1, 0.15) is 0 Å². The molecule has 0 aliphatic carbocycles. The van der Waals surface area contributed by atoms with Crippen LogP contribution in [-0.4, -0.2) is 77.0 Å². The molecular formula is C11H23N3O3. The second-order valence-corrected chi connectivity index (χ2v) is 4.04. The van der Waals surface area contributed by atoms with Gasteiger partial charge in [-0.05, 0) is 7.05 Å². The first-order chi connectivity index (χ1) is 8.36. The summed E-state index contributed by atoms with van der Waals surface area (Å²) in [5.41, 5.74) is 0. The van der Waals surface area contributed by atoms with Gasteiger partial charge in [0.2, 0.25) is 6.41 Å². The highest BCUT2D eigenvalue weighted by molar-refractivity contribution is 5.45. The van der Waals surface area contributed by atoms with Gasteiger partial charge in [0.25, 0.3) is 0 Å². The molecule has 0 saturated carbocycles. The molecular weight excluding hydrogens is 222 g/mol. The summed E-state index contributed by atoms with van der Waals surface area (Å²) >= 11 is 0. The van der Waals surface area contributed by atoms with Crippen molar-refractivity contribution < 1.29 is 14.3 Å². The van der Waals surface area contributed by atoms with Crippen LogP contribution in [-0.2, 0) is 14.3 Å². The van der Waals surface area contributed by atoms with Crippen LogP contribution in [0.5, 0.6) is 0 Å². The van der Waals surface area contributed by atoms with Crippen molar-refractivity contribution >= 4 is 6.41 Å². The van der Waals surface area contributed by atoms with E-state index in [1.165, 1.54) is 0 Å².